The van der Waals surface area contributed by atoms with Crippen molar-refractivity contribution in [1.82, 2.24) is 20.5 Å². The van der Waals surface area contributed by atoms with Crippen LogP contribution in [0.2, 0.25) is 0 Å². The number of carbonyl (C=O) groups excluding carboxylic acids is 1. The number of pyridine rings is 1. The fourth-order valence-electron chi connectivity index (χ4n) is 2.76. The van der Waals surface area contributed by atoms with Crippen molar-refractivity contribution < 1.29 is 4.79 Å². The first kappa shape index (κ1) is 22.5. The number of anilines is 1. The van der Waals surface area contributed by atoms with Gasteiger partial charge in [-0.05, 0) is 25.5 Å². The number of rotatable bonds is 6. The predicted octanol–water partition coefficient (Wildman–Crippen LogP) is 1.70. The van der Waals surface area contributed by atoms with Gasteiger partial charge in [-0.1, -0.05) is 13.0 Å². The zero-order valence-electron chi connectivity index (χ0n) is 15.9. The monoisotopic (exact) mass is 474 g/mol. The Morgan fingerprint density at radius 2 is 2.04 bits per heavy atom. The number of aromatic nitrogens is 1. The maximum absolute atomic E-state index is 11.8. The van der Waals surface area contributed by atoms with Gasteiger partial charge in [0.15, 0.2) is 5.96 Å². The lowest BCUT2D eigenvalue weighted by molar-refractivity contribution is -0.121. The van der Waals surface area contributed by atoms with Crippen molar-refractivity contribution in [2.24, 2.45) is 4.99 Å². The second kappa shape index (κ2) is 11.9. The van der Waals surface area contributed by atoms with Crippen molar-refractivity contribution in [1.29, 1.82) is 0 Å². The standard InChI is InChI=1S/C18H30N6O.HI/c1-4-15(2)22-17(25)8-10-21-18(19-3)24-13-11-23(12-14-24)16-7-5-6-9-20-16;/h5-7,9,15H,4,8,10-14H2,1-3H3,(H,19,21)(H,22,25);1H. The van der Waals surface area contributed by atoms with E-state index in [1.54, 1.807) is 7.05 Å². The van der Waals surface area contributed by atoms with Crippen LogP contribution in [0.4, 0.5) is 5.82 Å². The van der Waals surface area contributed by atoms with Crippen molar-refractivity contribution in [3.05, 3.63) is 24.4 Å². The van der Waals surface area contributed by atoms with Gasteiger partial charge in [0, 0.05) is 58.4 Å². The molecule has 146 valence electrons. The number of piperazine rings is 1. The fraction of sp³-hybridized carbons (Fsp3) is 0.611. The maximum Gasteiger partial charge on any atom is 0.221 e. The molecular formula is C18H31IN6O. The highest BCUT2D eigenvalue weighted by Gasteiger charge is 2.20. The van der Waals surface area contributed by atoms with Crippen molar-refractivity contribution in [2.45, 2.75) is 32.7 Å². The lowest BCUT2D eigenvalue weighted by Crippen LogP contribution is -2.53. The molecule has 1 aromatic heterocycles. The minimum atomic E-state index is 0. The van der Waals surface area contributed by atoms with Crippen molar-refractivity contribution in [2.75, 3.05) is 44.7 Å². The molecule has 7 nitrogen and oxygen atoms in total. The highest BCUT2D eigenvalue weighted by molar-refractivity contribution is 14.0. The van der Waals surface area contributed by atoms with E-state index in [-0.39, 0.29) is 35.9 Å². The highest BCUT2D eigenvalue weighted by atomic mass is 127. The summed E-state index contributed by atoms with van der Waals surface area (Å²) in [6.07, 6.45) is 3.23. The number of halogens is 1. The predicted molar refractivity (Wildman–Crippen MR) is 117 cm³/mol. The Bertz CT molecular complexity index is 560. The van der Waals surface area contributed by atoms with Crippen LogP contribution in [0.25, 0.3) is 0 Å². The zero-order valence-corrected chi connectivity index (χ0v) is 18.3. The molecule has 26 heavy (non-hydrogen) atoms. The smallest absolute Gasteiger partial charge is 0.221 e. The number of hydrogen-bond acceptors (Lipinski definition) is 4. The molecule has 8 heteroatoms. The van der Waals surface area contributed by atoms with Gasteiger partial charge in [0.1, 0.15) is 5.82 Å². The number of guanidine groups is 1. The third-order valence-corrected chi connectivity index (χ3v) is 4.42. The van der Waals surface area contributed by atoms with Crippen LogP contribution in [-0.2, 0) is 4.79 Å². The normalized spacial score (nSPS) is 15.9. The molecule has 2 N–H and O–H groups in total. The average molecular weight is 474 g/mol. The quantitative estimate of drug-likeness (QED) is 0.373. The van der Waals surface area contributed by atoms with Crippen LogP contribution in [0.5, 0.6) is 0 Å². The number of aliphatic imine (C=N–C) groups is 1. The van der Waals surface area contributed by atoms with E-state index in [2.05, 4.69) is 37.3 Å². The van der Waals surface area contributed by atoms with Crippen LogP contribution in [0.3, 0.4) is 0 Å². The SMILES string of the molecule is CCC(C)NC(=O)CCNC(=NC)N1CCN(c2ccccn2)CC1.I. The Morgan fingerprint density at radius 3 is 2.62 bits per heavy atom. The second-order valence-corrected chi connectivity index (χ2v) is 6.26. The highest BCUT2D eigenvalue weighted by Crippen LogP contribution is 2.12. The summed E-state index contributed by atoms with van der Waals surface area (Å²) in [6.45, 7) is 8.26. The summed E-state index contributed by atoms with van der Waals surface area (Å²) in [5.74, 6) is 1.96. The number of carbonyl (C=O) groups is 1. The summed E-state index contributed by atoms with van der Waals surface area (Å²) in [6, 6.07) is 6.22. The lowest BCUT2D eigenvalue weighted by atomic mass is 10.2. The zero-order chi connectivity index (χ0) is 18.1. The Morgan fingerprint density at radius 1 is 1.31 bits per heavy atom. The van der Waals surface area contributed by atoms with E-state index < -0.39 is 0 Å². The van der Waals surface area contributed by atoms with Crippen molar-refractivity contribution in [3.8, 4) is 0 Å². The molecule has 1 unspecified atom stereocenters. The minimum Gasteiger partial charge on any atom is -0.356 e. The van der Waals surface area contributed by atoms with E-state index in [9.17, 15) is 4.79 Å². The summed E-state index contributed by atoms with van der Waals surface area (Å²) in [7, 11) is 1.78. The molecule has 0 aromatic carbocycles. The molecule has 1 aliphatic heterocycles. The van der Waals surface area contributed by atoms with Crippen LogP contribution >= 0.6 is 24.0 Å². The molecular weight excluding hydrogens is 443 g/mol. The number of nitrogens with zero attached hydrogens (tertiary/aromatic N) is 4. The van der Waals surface area contributed by atoms with Gasteiger partial charge in [-0.3, -0.25) is 9.79 Å². The molecule has 1 fully saturated rings. The average Bonchev–Trinajstić information content (AvgIpc) is 2.66. The van der Waals surface area contributed by atoms with Gasteiger partial charge in [0.25, 0.3) is 0 Å². The topological polar surface area (TPSA) is 72.9 Å². The van der Waals surface area contributed by atoms with Crippen LogP contribution in [0.15, 0.2) is 29.4 Å². The number of nitrogens with one attached hydrogen (secondary N) is 2. The molecule has 0 spiro atoms. The van der Waals surface area contributed by atoms with E-state index in [4.69, 9.17) is 0 Å². The van der Waals surface area contributed by atoms with Gasteiger partial charge in [-0.15, -0.1) is 24.0 Å². The van der Waals surface area contributed by atoms with Gasteiger partial charge in [0.2, 0.25) is 5.91 Å². The van der Waals surface area contributed by atoms with Crippen LogP contribution < -0.4 is 15.5 Å². The van der Waals surface area contributed by atoms with Crippen molar-refractivity contribution >= 4 is 41.7 Å². The first-order valence-corrected chi connectivity index (χ1v) is 9.05. The summed E-state index contributed by atoms with van der Waals surface area (Å²) in [5.41, 5.74) is 0. The first-order valence-electron chi connectivity index (χ1n) is 9.05. The summed E-state index contributed by atoms with van der Waals surface area (Å²) < 4.78 is 0. The molecule has 1 amide bonds. The van der Waals surface area contributed by atoms with E-state index in [0.717, 1.165) is 44.4 Å². The van der Waals surface area contributed by atoms with Crippen molar-refractivity contribution in [3.63, 3.8) is 0 Å². The molecule has 0 aliphatic carbocycles. The van der Waals surface area contributed by atoms with Gasteiger partial charge < -0.3 is 20.4 Å². The van der Waals surface area contributed by atoms with Gasteiger partial charge in [0.05, 0.1) is 0 Å². The fourth-order valence-corrected chi connectivity index (χ4v) is 2.76. The van der Waals surface area contributed by atoms with Crippen LogP contribution in [-0.4, -0.2) is 67.6 Å². The Balaban J connectivity index is 0.00000338. The van der Waals surface area contributed by atoms with E-state index in [1.807, 2.05) is 31.3 Å². The van der Waals surface area contributed by atoms with E-state index >= 15 is 0 Å². The number of amides is 1. The summed E-state index contributed by atoms with van der Waals surface area (Å²) in [4.78, 5) is 25.1. The summed E-state index contributed by atoms with van der Waals surface area (Å²) in [5, 5.41) is 6.28. The van der Waals surface area contributed by atoms with Gasteiger partial charge >= 0.3 is 0 Å². The Hall–Kier alpha value is -1.58. The molecule has 2 rings (SSSR count). The van der Waals surface area contributed by atoms with Gasteiger partial charge in [-0.25, -0.2) is 4.98 Å². The largest absolute Gasteiger partial charge is 0.356 e. The van der Waals surface area contributed by atoms with Crippen LogP contribution in [0.1, 0.15) is 26.7 Å². The molecule has 0 bridgehead atoms. The molecule has 1 atom stereocenters. The second-order valence-electron chi connectivity index (χ2n) is 6.26. The maximum atomic E-state index is 11.8. The number of hydrogen-bond donors (Lipinski definition) is 2. The van der Waals surface area contributed by atoms with E-state index in [1.165, 1.54) is 0 Å². The molecule has 1 saturated heterocycles. The molecule has 0 radical (unpaired) electrons. The Kier molecular flexibility index (Phi) is 10.3. The molecule has 1 aliphatic rings. The molecule has 1 aromatic rings. The van der Waals surface area contributed by atoms with Gasteiger partial charge in [-0.2, -0.15) is 0 Å². The Labute approximate surface area is 173 Å². The van der Waals surface area contributed by atoms with Crippen LogP contribution in [0, 0.1) is 0 Å². The summed E-state index contributed by atoms with van der Waals surface area (Å²) >= 11 is 0. The third-order valence-electron chi connectivity index (χ3n) is 4.42. The third kappa shape index (κ3) is 6.97. The lowest BCUT2D eigenvalue weighted by Gasteiger charge is -2.37. The first-order chi connectivity index (χ1) is 12.1. The minimum absolute atomic E-state index is 0. The molecule has 2 heterocycles. The molecule has 0 saturated carbocycles. The van der Waals surface area contributed by atoms with E-state index in [0.29, 0.717) is 13.0 Å².